The van der Waals surface area contributed by atoms with E-state index >= 15 is 0 Å². The first-order valence-electron chi connectivity index (χ1n) is 11.1. The maximum absolute atomic E-state index is 13.3. The lowest BCUT2D eigenvalue weighted by Crippen LogP contribution is -2.51. The van der Waals surface area contributed by atoms with Gasteiger partial charge in [-0.2, -0.15) is 13.2 Å². The van der Waals surface area contributed by atoms with Crippen molar-refractivity contribution >= 4 is 28.8 Å². The molecule has 3 aromatic rings. The monoisotopic (exact) mass is 503 g/mol. The number of benzene rings is 2. The first-order chi connectivity index (χ1) is 17.2. The Morgan fingerprint density at radius 2 is 1.89 bits per heavy atom. The summed E-state index contributed by atoms with van der Waals surface area (Å²) < 4.78 is 59.0. The number of aliphatic hydroxyl groups excluding tert-OH is 1. The van der Waals surface area contributed by atoms with E-state index in [0.717, 1.165) is 24.1 Å². The first kappa shape index (κ1) is 24.0. The number of anilines is 4. The minimum Gasteiger partial charge on any atom is -0.361 e. The standard InChI is InChI=1S/C24H21F4N5O3/c25-13-2-7-16(17(12-13)24(26,27)28)21(34)31-15-5-3-14(4-6-15)30-18-8-9-29-20-19(18)22-33(23(35)32-20)10-1-11-36-22/h2-9,12,22-23,35H,1,10-11H2,(H,31,34)(H2,29,30,32). The number of aliphatic hydroxyl groups is 1. The van der Waals surface area contributed by atoms with Crippen LogP contribution in [0.4, 0.5) is 40.4 Å². The van der Waals surface area contributed by atoms with Crippen LogP contribution in [0.15, 0.2) is 54.7 Å². The summed E-state index contributed by atoms with van der Waals surface area (Å²) in [5.41, 5.74) is 0.281. The van der Waals surface area contributed by atoms with Crippen molar-refractivity contribution in [1.29, 1.82) is 0 Å². The van der Waals surface area contributed by atoms with Crippen LogP contribution in [-0.4, -0.2) is 40.4 Å². The van der Waals surface area contributed by atoms with Crippen LogP contribution >= 0.6 is 0 Å². The summed E-state index contributed by atoms with van der Waals surface area (Å²) >= 11 is 0. The topological polar surface area (TPSA) is 98.8 Å². The van der Waals surface area contributed by atoms with Crippen molar-refractivity contribution in [3.63, 3.8) is 0 Å². The van der Waals surface area contributed by atoms with Gasteiger partial charge in [-0.25, -0.2) is 14.3 Å². The number of aromatic nitrogens is 1. The number of nitrogens with zero attached hydrogens (tertiary/aromatic N) is 2. The Bertz CT molecular complexity index is 1290. The van der Waals surface area contributed by atoms with Crippen molar-refractivity contribution in [3.8, 4) is 0 Å². The number of hydrogen-bond acceptors (Lipinski definition) is 7. The number of halogens is 4. The summed E-state index contributed by atoms with van der Waals surface area (Å²) in [6, 6.07) is 9.99. The number of fused-ring (bicyclic) bond motifs is 3. The van der Waals surface area contributed by atoms with Crippen molar-refractivity contribution < 1.29 is 32.2 Å². The number of carbonyl (C=O) groups is 1. The van der Waals surface area contributed by atoms with Crippen molar-refractivity contribution in [3.05, 3.63) is 77.2 Å². The van der Waals surface area contributed by atoms with Gasteiger partial charge in [0.25, 0.3) is 5.91 Å². The molecule has 0 saturated carbocycles. The molecule has 1 saturated heterocycles. The summed E-state index contributed by atoms with van der Waals surface area (Å²) in [5, 5.41) is 19.0. The predicted molar refractivity (Wildman–Crippen MR) is 123 cm³/mol. The average Bonchev–Trinajstić information content (AvgIpc) is 2.85. The van der Waals surface area contributed by atoms with Gasteiger partial charge in [0.1, 0.15) is 17.9 Å². The summed E-state index contributed by atoms with van der Waals surface area (Å²) in [5.74, 6) is -1.61. The van der Waals surface area contributed by atoms with Crippen LogP contribution in [-0.2, 0) is 10.9 Å². The third kappa shape index (κ3) is 4.70. The first-order valence-corrected chi connectivity index (χ1v) is 11.1. The molecule has 0 aliphatic carbocycles. The van der Waals surface area contributed by atoms with E-state index in [2.05, 4.69) is 20.9 Å². The Morgan fingerprint density at radius 1 is 1.14 bits per heavy atom. The summed E-state index contributed by atoms with van der Waals surface area (Å²) in [4.78, 5) is 18.6. The van der Waals surface area contributed by atoms with Crippen molar-refractivity contribution in [2.45, 2.75) is 25.2 Å². The highest BCUT2D eigenvalue weighted by atomic mass is 19.4. The van der Waals surface area contributed by atoms with E-state index < -0.39 is 41.6 Å². The minimum atomic E-state index is -4.88. The van der Waals surface area contributed by atoms with E-state index in [9.17, 15) is 27.5 Å². The van der Waals surface area contributed by atoms with Gasteiger partial charge in [-0.1, -0.05) is 0 Å². The van der Waals surface area contributed by atoms with Crippen LogP contribution in [0.1, 0.15) is 34.1 Å². The lowest BCUT2D eigenvalue weighted by molar-refractivity contribution is -0.159. The second-order valence-corrected chi connectivity index (χ2v) is 8.30. The summed E-state index contributed by atoms with van der Waals surface area (Å²) in [6.45, 7) is 1.19. The molecule has 2 unspecified atom stereocenters. The van der Waals surface area contributed by atoms with E-state index in [0.29, 0.717) is 36.4 Å². The van der Waals surface area contributed by atoms with Gasteiger partial charge in [0, 0.05) is 24.1 Å². The number of rotatable bonds is 4. The molecule has 12 heteroatoms. The summed E-state index contributed by atoms with van der Waals surface area (Å²) in [7, 11) is 0. The Morgan fingerprint density at radius 3 is 2.64 bits per heavy atom. The fourth-order valence-corrected chi connectivity index (χ4v) is 4.25. The molecule has 1 amide bonds. The van der Waals surface area contributed by atoms with Gasteiger partial charge in [0.05, 0.1) is 29.0 Å². The molecule has 188 valence electrons. The zero-order chi connectivity index (χ0) is 25.4. The Kier molecular flexibility index (Phi) is 6.24. The quantitative estimate of drug-likeness (QED) is 0.385. The third-order valence-corrected chi connectivity index (χ3v) is 5.91. The Balaban J connectivity index is 1.34. The van der Waals surface area contributed by atoms with Crippen LogP contribution in [0, 0.1) is 5.82 Å². The van der Waals surface area contributed by atoms with Crippen molar-refractivity contribution in [2.24, 2.45) is 0 Å². The van der Waals surface area contributed by atoms with Gasteiger partial charge in [-0.05, 0) is 55.0 Å². The molecule has 2 aromatic carbocycles. The fraction of sp³-hybridized carbons (Fsp3) is 0.250. The maximum atomic E-state index is 13.3. The normalized spacial score (nSPS) is 19.6. The number of carbonyl (C=O) groups excluding carboxylic acids is 1. The molecule has 5 rings (SSSR count). The van der Waals surface area contributed by atoms with E-state index in [1.54, 1.807) is 29.3 Å². The highest BCUT2D eigenvalue weighted by Crippen LogP contribution is 2.41. The molecule has 0 spiro atoms. The third-order valence-electron chi connectivity index (χ3n) is 5.91. The zero-order valence-electron chi connectivity index (χ0n) is 18.6. The predicted octanol–water partition coefficient (Wildman–Crippen LogP) is 4.66. The number of pyridine rings is 1. The van der Waals surface area contributed by atoms with Crippen molar-refractivity contribution in [2.75, 3.05) is 29.1 Å². The largest absolute Gasteiger partial charge is 0.417 e. The molecular weight excluding hydrogens is 482 g/mol. The van der Waals surface area contributed by atoms with Crippen LogP contribution in [0.5, 0.6) is 0 Å². The molecule has 1 aromatic heterocycles. The van der Waals surface area contributed by atoms with Crippen LogP contribution in [0.3, 0.4) is 0 Å². The summed E-state index contributed by atoms with van der Waals surface area (Å²) in [6.07, 6.45) is -3.93. The van der Waals surface area contributed by atoms with Gasteiger partial charge in [-0.15, -0.1) is 0 Å². The number of nitrogens with one attached hydrogen (secondary N) is 3. The van der Waals surface area contributed by atoms with Crippen LogP contribution in [0.2, 0.25) is 0 Å². The van der Waals surface area contributed by atoms with Crippen molar-refractivity contribution in [1.82, 2.24) is 9.88 Å². The number of amides is 1. The highest BCUT2D eigenvalue weighted by molar-refractivity contribution is 6.05. The molecule has 2 atom stereocenters. The van der Waals surface area contributed by atoms with Gasteiger partial charge in [0.2, 0.25) is 0 Å². The maximum Gasteiger partial charge on any atom is 0.417 e. The molecule has 1 fully saturated rings. The second-order valence-electron chi connectivity index (χ2n) is 8.30. The molecular formula is C24H21F4N5O3. The molecule has 0 bridgehead atoms. The van der Waals surface area contributed by atoms with Crippen LogP contribution in [0.25, 0.3) is 0 Å². The lowest BCUT2D eigenvalue weighted by Gasteiger charge is -2.43. The highest BCUT2D eigenvalue weighted by Gasteiger charge is 2.38. The van der Waals surface area contributed by atoms with Gasteiger partial charge < -0.3 is 25.8 Å². The molecule has 3 heterocycles. The Labute approximate surface area is 202 Å². The minimum absolute atomic E-state index is 0.256. The smallest absolute Gasteiger partial charge is 0.361 e. The molecule has 2 aliphatic heterocycles. The second kappa shape index (κ2) is 9.37. The molecule has 4 N–H and O–H groups in total. The lowest BCUT2D eigenvalue weighted by atomic mass is 10.1. The SMILES string of the molecule is O=C(Nc1ccc(Nc2ccnc3c2C2OCCCN2C(O)N3)cc1)c1ccc(F)cc1C(F)(F)F. The average molecular weight is 503 g/mol. The van der Waals surface area contributed by atoms with Gasteiger partial charge in [-0.3, -0.25) is 4.79 Å². The number of ether oxygens (including phenoxy) is 1. The van der Waals surface area contributed by atoms with E-state index in [1.807, 2.05) is 0 Å². The van der Waals surface area contributed by atoms with Crippen LogP contribution < -0.4 is 16.0 Å². The molecule has 36 heavy (non-hydrogen) atoms. The fourth-order valence-electron chi connectivity index (χ4n) is 4.25. The van der Waals surface area contributed by atoms with Gasteiger partial charge >= 0.3 is 6.18 Å². The molecule has 2 aliphatic rings. The number of alkyl halides is 3. The zero-order valence-corrected chi connectivity index (χ0v) is 18.6. The number of hydrogen-bond donors (Lipinski definition) is 4. The molecule has 0 radical (unpaired) electrons. The van der Waals surface area contributed by atoms with E-state index in [4.69, 9.17) is 4.74 Å². The van der Waals surface area contributed by atoms with E-state index in [-0.39, 0.29) is 5.69 Å². The Hall–Kier alpha value is -3.74. The molecule has 8 nitrogen and oxygen atoms in total. The van der Waals surface area contributed by atoms with E-state index in [1.165, 1.54) is 12.1 Å². The van der Waals surface area contributed by atoms with Gasteiger partial charge in [0.15, 0.2) is 6.35 Å².